The standard InChI is InChI=1S/C10H12N6O2/c11-5-7-14-9(12)8(16(17)18)10(15-7)13-6-3-1-2-4-6/h6H,1-4H2,(H3,12,13,14,15). The summed E-state index contributed by atoms with van der Waals surface area (Å²) in [6.45, 7) is 0. The van der Waals surface area contributed by atoms with Crippen molar-refractivity contribution in [2.45, 2.75) is 31.7 Å². The summed E-state index contributed by atoms with van der Waals surface area (Å²) in [5, 5.41) is 22.7. The van der Waals surface area contributed by atoms with Crippen LogP contribution in [0.25, 0.3) is 0 Å². The van der Waals surface area contributed by atoms with Crippen LogP contribution in [0.1, 0.15) is 31.5 Å². The molecule has 0 bridgehead atoms. The molecule has 3 N–H and O–H groups in total. The van der Waals surface area contributed by atoms with E-state index in [0.29, 0.717) is 0 Å². The van der Waals surface area contributed by atoms with Crippen LogP contribution in [0.2, 0.25) is 0 Å². The first-order chi connectivity index (χ1) is 8.61. The Hall–Kier alpha value is -2.43. The Labute approximate surface area is 103 Å². The molecule has 1 aromatic heterocycles. The summed E-state index contributed by atoms with van der Waals surface area (Å²) < 4.78 is 0. The van der Waals surface area contributed by atoms with Gasteiger partial charge in [-0.05, 0) is 12.8 Å². The van der Waals surface area contributed by atoms with Crippen molar-refractivity contribution in [3.05, 3.63) is 15.9 Å². The van der Waals surface area contributed by atoms with Gasteiger partial charge >= 0.3 is 5.69 Å². The highest BCUT2D eigenvalue weighted by Crippen LogP contribution is 2.30. The minimum atomic E-state index is -0.631. The van der Waals surface area contributed by atoms with Crippen molar-refractivity contribution in [1.29, 1.82) is 5.26 Å². The van der Waals surface area contributed by atoms with E-state index < -0.39 is 4.92 Å². The van der Waals surface area contributed by atoms with Gasteiger partial charge < -0.3 is 11.1 Å². The van der Waals surface area contributed by atoms with Gasteiger partial charge in [0.25, 0.3) is 0 Å². The molecular formula is C10H12N6O2. The van der Waals surface area contributed by atoms with Crippen LogP contribution in [0.4, 0.5) is 17.3 Å². The third kappa shape index (κ3) is 2.29. The first kappa shape index (κ1) is 12.0. The molecule has 0 aliphatic heterocycles. The maximum atomic E-state index is 10.9. The number of nitriles is 1. The molecule has 0 radical (unpaired) electrons. The Kier molecular flexibility index (Phi) is 3.23. The molecule has 0 amide bonds. The zero-order valence-corrected chi connectivity index (χ0v) is 9.59. The fourth-order valence-electron chi connectivity index (χ4n) is 2.07. The zero-order chi connectivity index (χ0) is 13.1. The summed E-state index contributed by atoms with van der Waals surface area (Å²) in [4.78, 5) is 17.7. The fraction of sp³-hybridized carbons (Fsp3) is 0.500. The third-order valence-corrected chi connectivity index (χ3v) is 2.89. The molecule has 0 spiro atoms. The van der Waals surface area contributed by atoms with Crippen LogP contribution in [0, 0.1) is 21.4 Å². The smallest absolute Gasteiger partial charge is 0.353 e. The third-order valence-electron chi connectivity index (χ3n) is 2.89. The van der Waals surface area contributed by atoms with E-state index >= 15 is 0 Å². The van der Waals surface area contributed by atoms with Crippen LogP contribution in [-0.2, 0) is 0 Å². The number of aromatic nitrogens is 2. The van der Waals surface area contributed by atoms with Gasteiger partial charge in [-0.15, -0.1) is 0 Å². The molecule has 1 heterocycles. The Balaban J connectivity index is 2.38. The second-order valence-corrected chi connectivity index (χ2v) is 4.12. The fourth-order valence-corrected chi connectivity index (χ4v) is 2.07. The predicted molar refractivity (Wildman–Crippen MR) is 63.7 cm³/mol. The first-order valence-electron chi connectivity index (χ1n) is 5.60. The lowest BCUT2D eigenvalue weighted by molar-refractivity contribution is -0.383. The van der Waals surface area contributed by atoms with E-state index in [0.717, 1.165) is 25.7 Å². The van der Waals surface area contributed by atoms with Crippen LogP contribution in [0.5, 0.6) is 0 Å². The molecule has 94 valence electrons. The number of hydrogen-bond donors (Lipinski definition) is 2. The molecule has 18 heavy (non-hydrogen) atoms. The monoisotopic (exact) mass is 248 g/mol. The summed E-state index contributed by atoms with van der Waals surface area (Å²) in [6.07, 6.45) is 4.03. The number of anilines is 2. The van der Waals surface area contributed by atoms with Crippen molar-refractivity contribution in [3.8, 4) is 6.07 Å². The van der Waals surface area contributed by atoms with Crippen molar-refractivity contribution >= 4 is 17.3 Å². The average molecular weight is 248 g/mol. The van der Waals surface area contributed by atoms with E-state index in [1.165, 1.54) is 0 Å². The van der Waals surface area contributed by atoms with E-state index in [-0.39, 0.29) is 29.2 Å². The number of nitro groups is 1. The van der Waals surface area contributed by atoms with Crippen molar-refractivity contribution in [2.24, 2.45) is 0 Å². The lowest BCUT2D eigenvalue weighted by Crippen LogP contribution is -2.18. The van der Waals surface area contributed by atoms with Crippen LogP contribution >= 0.6 is 0 Å². The van der Waals surface area contributed by atoms with Gasteiger partial charge in [-0.25, -0.2) is 0 Å². The topological polar surface area (TPSA) is 131 Å². The van der Waals surface area contributed by atoms with Gasteiger partial charge in [0, 0.05) is 6.04 Å². The number of nitrogens with one attached hydrogen (secondary N) is 1. The van der Waals surface area contributed by atoms with Crippen LogP contribution < -0.4 is 11.1 Å². The first-order valence-corrected chi connectivity index (χ1v) is 5.60. The van der Waals surface area contributed by atoms with Gasteiger partial charge in [0.1, 0.15) is 6.07 Å². The lowest BCUT2D eigenvalue weighted by atomic mass is 10.2. The maximum Gasteiger partial charge on any atom is 0.353 e. The predicted octanol–water partition coefficient (Wildman–Crippen LogP) is 1.19. The van der Waals surface area contributed by atoms with Crippen molar-refractivity contribution in [2.75, 3.05) is 11.1 Å². The minimum absolute atomic E-state index is 0.0379. The number of nitrogens with two attached hydrogens (primary N) is 1. The number of nitrogen functional groups attached to an aromatic ring is 1. The normalized spacial score (nSPS) is 15.3. The van der Waals surface area contributed by atoms with Crippen molar-refractivity contribution < 1.29 is 4.92 Å². The molecule has 8 heteroatoms. The molecule has 1 aromatic rings. The Morgan fingerprint density at radius 1 is 1.44 bits per heavy atom. The van der Waals surface area contributed by atoms with E-state index in [9.17, 15) is 10.1 Å². The van der Waals surface area contributed by atoms with Gasteiger partial charge in [0.15, 0.2) is 0 Å². The summed E-state index contributed by atoms with van der Waals surface area (Å²) >= 11 is 0. The maximum absolute atomic E-state index is 10.9. The van der Waals surface area contributed by atoms with E-state index in [1.54, 1.807) is 6.07 Å². The van der Waals surface area contributed by atoms with Crippen LogP contribution in [0.15, 0.2) is 0 Å². The quantitative estimate of drug-likeness (QED) is 0.606. The number of nitrogens with zero attached hydrogens (tertiary/aromatic N) is 4. The largest absolute Gasteiger partial charge is 0.378 e. The van der Waals surface area contributed by atoms with Gasteiger partial charge in [0.2, 0.25) is 17.5 Å². The van der Waals surface area contributed by atoms with Crippen molar-refractivity contribution in [1.82, 2.24) is 9.97 Å². The molecule has 0 unspecified atom stereocenters. The summed E-state index contributed by atoms with van der Waals surface area (Å²) in [7, 11) is 0. The number of rotatable bonds is 3. The second-order valence-electron chi connectivity index (χ2n) is 4.12. The lowest BCUT2D eigenvalue weighted by Gasteiger charge is -2.12. The molecular weight excluding hydrogens is 236 g/mol. The number of hydrogen-bond acceptors (Lipinski definition) is 7. The van der Waals surface area contributed by atoms with Gasteiger partial charge in [0.05, 0.1) is 4.92 Å². The average Bonchev–Trinajstić information content (AvgIpc) is 2.80. The Morgan fingerprint density at radius 3 is 2.67 bits per heavy atom. The molecule has 1 aliphatic rings. The summed E-state index contributed by atoms with van der Waals surface area (Å²) in [5.74, 6) is -0.415. The highest BCUT2D eigenvalue weighted by Gasteiger charge is 2.26. The van der Waals surface area contributed by atoms with E-state index in [1.807, 2.05) is 0 Å². The molecule has 1 saturated carbocycles. The highest BCUT2D eigenvalue weighted by atomic mass is 16.6. The van der Waals surface area contributed by atoms with Crippen LogP contribution in [0.3, 0.4) is 0 Å². The van der Waals surface area contributed by atoms with Gasteiger partial charge in [-0.2, -0.15) is 15.2 Å². The summed E-state index contributed by atoms with van der Waals surface area (Å²) in [5.41, 5.74) is 5.13. The molecule has 0 atom stereocenters. The zero-order valence-electron chi connectivity index (χ0n) is 9.59. The molecule has 0 saturated heterocycles. The highest BCUT2D eigenvalue weighted by molar-refractivity contribution is 5.68. The van der Waals surface area contributed by atoms with E-state index in [4.69, 9.17) is 11.0 Å². The molecule has 1 fully saturated rings. The Bertz CT molecular complexity index is 518. The molecule has 1 aliphatic carbocycles. The van der Waals surface area contributed by atoms with Crippen LogP contribution in [-0.4, -0.2) is 20.9 Å². The minimum Gasteiger partial charge on any atom is -0.378 e. The second kappa shape index (κ2) is 4.83. The van der Waals surface area contributed by atoms with E-state index in [2.05, 4.69) is 15.3 Å². The molecule has 0 aromatic carbocycles. The van der Waals surface area contributed by atoms with Crippen molar-refractivity contribution in [3.63, 3.8) is 0 Å². The SMILES string of the molecule is N#Cc1nc(N)c([N+](=O)[O-])c(NC2CCCC2)n1. The summed E-state index contributed by atoms with van der Waals surface area (Å²) in [6, 6.07) is 1.88. The van der Waals surface area contributed by atoms with Gasteiger partial charge in [-0.3, -0.25) is 10.1 Å². The van der Waals surface area contributed by atoms with Gasteiger partial charge in [-0.1, -0.05) is 12.8 Å². The Morgan fingerprint density at radius 2 is 2.11 bits per heavy atom. The molecule has 8 nitrogen and oxygen atoms in total. The molecule has 2 rings (SSSR count).